The van der Waals surface area contributed by atoms with Crippen LogP contribution in [0.1, 0.15) is 64.9 Å². The van der Waals surface area contributed by atoms with Gasteiger partial charge in [-0.25, -0.2) is 0 Å². The number of β-amino-alcohol motifs (C(OH)–C–C–N with tert-alkyl or cyclic N) is 1. The largest absolute Gasteiger partial charge is 0.491 e. The van der Waals surface area contributed by atoms with Gasteiger partial charge in [-0.05, 0) is 100 Å². The minimum atomic E-state index is -0.489. The van der Waals surface area contributed by atoms with E-state index in [9.17, 15) is 5.11 Å². The van der Waals surface area contributed by atoms with Gasteiger partial charge in [-0.2, -0.15) is 0 Å². The zero-order valence-corrected chi connectivity index (χ0v) is 16.6. The van der Waals surface area contributed by atoms with Crippen molar-refractivity contribution in [3.8, 4) is 5.75 Å². The van der Waals surface area contributed by atoms with Crippen LogP contribution >= 0.6 is 0 Å². The molecule has 0 aromatic heterocycles. The van der Waals surface area contributed by atoms with Crippen LogP contribution in [0, 0.1) is 17.8 Å². The van der Waals surface area contributed by atoms with E-state index in [1.807, 2.05) is 0 Å². The first-order valence-corrected chi connectivity index (χ1v) is 10.5. The van der Waals surface area contributed by atoms with Gasteiger partial charge in [0.25, 0.3) is 0 Å². The third-order valence-electron chi connectivity index (χ3n) is 6.82. The Morgan fingerprint density at radius 3 is 2.08 bits per heavy atom. The Kier molecular flexibility index (Phi) is 4.81. The van der Waals surface area contributed by atoms with Crippen molar-refractivity contribution < 1.29 is 9.84 Å². The second kappa shape index (κ2) is 6.83. The SMILES string of the molecule is CC(C)(C)NC[C@H](O)COc1ccc(C23CC4CC(CC(C4)C2)C3)cc1. The fourth-order valence-electron chi connectivity index (χ4n) is 6.04. The number of hydrogen-bond acceptors (Lipinski definition) is 3. The predicted octanol–water partition coefficient (Wildman–Crippen LogP) is 4.28. The van der Waals surface area contributed by atoms with Gasteiger partial charge in [-0.1, -0.05) is 12.1 Å². The van der Waals surface area contributed by atoms with Crippen LogP contribution in [0.2, 0.25) is 0 Å². The summed E-state index contributed by atoms with van der Waals surface area (Å²) in [6.45, 7) is 7.19. The molecule has 4 aliphatic rings. The summed E-state index contributed by atoms with van der Waals surface area (Å²) in [5.74, 6) is 3.79. The quantitative estimate of drug-likeness (QED) is 0.798. The maximum absolute atomic E-state index is 10.1. The molecule has 3 nitrogen and oxygen atoms in total. The number of nitrogens with one attached hydrogen (secondary N) is 1. The molecule has 1 aromatic rings. The lowest BCUT2D eigenvalue weighted by Gasteiger charge is -2.57. The summed E-state index contributed by atoms with van der Waals surface area (Å²) in [4.78, 5) is 0. The topological polar surface area (TPSA) is 41.5 Å². The standard InChI is InChI=1S/C23H35NO2/c1-22(2,3)24-14-20(25)15-26-21-6-4-19(5-7-21)23-11-16-8-17(12-23)10-18(9-16)13-23/h4-7,16-18,20,24-25H,8-15H2,1-3H3/t16?,17?,18?,20-,23?/m0/s1. The van der Waals surface area contributed by atoms with Gasteiger partial charge >= 0.3 is 0 Å². The highest BCUT2D eigenvalue weighted by Gasteiger charge is 2.51. The maximum atomic E-state index is 10.1. The number of ether oxygens (including phenoxy) is 1. The fourth-order valence-corrected chi connectivity index (χ4v) is 6.04. The van der Waals surface area contributed by atoms with E-state index in [4.69, 9.17) is 4.74 Å². The lowest BCUT2D eigenvalue weighted by atomic mass is 9.48. The van der Waals surface area contributed by atoms with E-state index in [-0.39, 0.29) is 5.54 Å². The Bertz CT molecular complexity index is 581. The molecule has 0 unspecified atom stereocenters. The Labute approximate surface area is 158 Å². The average Bonchev–Trinajstić information content (AvgIpc) is 2.57. The maximum Gasteiger partial charge on any atom is 0.119 e. The molecule has 1 atom stereocenters. The molecule has 0 spiro atoms. The van der Waals surface area contributed by atoms with Gasteiger partial charge < -0.3 is 15.2 Å². The van der Waals surface area contributed by atoms with Crippen molar-refractivity contribution in [2.45, 2.75) is 76.4 Å². The van der Waals surface area contributed by atoms with Gasteiger partial charge in [0.1, 0.15) is 18.5 Å². The highest BCUT2D eigenvalue weighted by Crippen LogP contribution is 2.60. The van der Waals surface area contributed by atoms with Crippen molar-refractivity contribution in [1.29, 1.82) is 0 Å². The summed E-state index contributed by atoms with van der Waals surface area (Å²) in [7, 11) is 0. The Hall–Kier alpha value is -1.06. The van der Waals surface area contributed by atoms with Crippen LogP contribution in [0.15, 0.2) is 24.3 Å². The summed E-state index contributed by atoms with van der Waals surface area (Å²) in [5, 5.41) is 13.4. The molecule has 4 saturated carbocycles. The molecule has 4 aliphatic carbocycles. The summed E-state index contributed by atoms with van der Waals surface area (Å²) in [5.41, 5.74) is 1.99. The molecule has 4 fully saturated rings. The van der Waals surface area contributed by atoms with Crippen molar-refractivity contribution in [3.63, 3.8) is 0 Å². The lowest BCUT2D eigenvalue weighted by Crippen LogP contribution is -2.48. The first-order chi connectivity index (χ1) is 12.3. The van der Waals surface area contributed by atoms with Crippen molar-refractivity contribution in [2.75, 3.05) is 13.2 Å². The van der Waals surface area contributed by atoms with Gasteiger partial charge in [0.2, 0.25) is 0 Å². The van der Waals surface area contributed by atoms with E-state index in [1.165, 1.54) is 44.1 Å². The summed E-state index contributed by atoms with van der Waals surface area (Å²) < 4.78 is 5.82. The zero-order valence-electron chi connectivity index (χ0n) is 16.6. The molecule has 5 rings (SSSR count). The molecule has 0 radical (unpaired) electrons. The van der Waals surface area contributed by atoms with Crippen LogP contribution < -0.4 is 10.1 Å². The van der Waals surface area contributed by atoms with Gasteiger partial charge in [-0.15, -0.1) is 0 Å². The smallest absolute Gasteiger partial charge is 0.119 e. The van der Waals surface area contributed by atoms with Crippen molar-refractivity contribution in [3.05, 3.63) is 29.8 Å². The first kappa shape index (κ1) is 18.3. The molecule has 0 saturated heterocycles. The fraction of sp³-hybridized carbons (Fsp3) is 0.739. The molecule has 26 heavy (non-hydrogen) atoms. The summed E-state index contributed by atoms with van der Waals surface area (Å²) in [6.07, 6.45) is 8.17. The van der Waals surface area contributed by atoms with E-state index >= 15 is 0 Å². The number of rotatable bonds is 6. The predicted molar refractivity (Wildman–Crippen MR) is 106 cm³/mol. The Balaban J connectivity index is 1.34. The molecule has 1 aromatic carbocycles. The van der Waals surface area contributed by atoms with Crippen LogP contribution in [0.5, 0.6) is 5.75 Å². The number of aliphatic hydroxyl groups excluding tert-OH is 1. The van der Waals surface area contributed by atoms with E-state index < -0.39 is 6.10 Å². The van der Waals surface area contributed by atoms with Gasteiger partial charge in [-0.3, -0.25) is 0 Å². The van der Waals surface area contributed by atoms with Crippen LogP contribution in [0.3, 0.4) is 0 Å². The average molecular weight is 358 g/mol. The normalized spacial score (nSPS) is 34.1. The van der Waals surface area contributed by atoms with E-state index in [1.54, 1.807) is 0 Å². The van der Waals surface area contributed by atoms with E-state index in [0.29, 0.717) is 18.6 Å². The molecule has 0 aliphatic heterocycles. The highest BCUT2D eigenvalue weighted by atomic mass is 16.5. The molecular weight excluding hydrogens is 322 g/mol. The molecular formula is C23H35NO2. The molecule has 4 bridgehead atoms. The van der Waals surface area contributed by atoms with Crippen LogP contribution in [-0.4, -0.2) is 29.9 Å². The van der Waals surface area contributed by atoms with Gasteiger partial charge in [0.05, 0.1) is 0 Å². The molecule has 3 heteroatoms. The van der Waals surface area contributed by atoms with Crippen LogP contribution in [-0.2, 0) is 5.41 Å². The minimum Gasteiger partial charge on any atom is -0.491 e. The second-order valence-electron chi connectivity index (χ2n) is 10.3. The number of hydrogen-bond donors (Lipinski definition) is 2. The Morgan fingerprint density at radius 2 is 1.58 bits per heavy atom. The molecule has 0 amide bonds. The highest BCUT2D eigenvalue weighted by molar-refractivity contribution is 5.34. The van der Waals surface area contributed by atoms with E-state index in [2.05, 4.69) is 50.4 Å². The summed E-state index contributed by atoms with van der Waals surface area (Å²) >= 11 is 0. The Morgan fingerprint density at radius 1 is 1.04 bits per heavy atom. The number of aliphatic hydroxyl groups is 1. The van der Waals surface area contributed by atoms with Crippen LogP contribution in [0.4, 0.5) is 0 Å². The van der Waals surface area contributed by atoms with Crippen molar-refractivity contribution in [1.82, 2.24) is 5.32 Å². The van der Waals surface area contributed by atoms with E-state index in [0.717, 1.165) is 23.5 Å². The third-order valence-corrected chi connectivity index (χ3v) is 6.82. The van der Waals surface area contributed by atoms with Gasteiger partial charge in [0.15, 0.2) is 0 Å². The van der Waals surface area contributed by atoms with Gasteiger partial charge in [0, 0.05) is 12.1 Å². The monoisotopic (exact) mass is 357 g/mol. The molecule has 144 valence electrons. The third kappa shape index (κ3) is 3.94. The number of benzene rings is 1. The van der Waals surface area contributed by atoms with Crippen molar-refractivity contribution >= 4 is 0 Å². The summed E-state index contributed by atoms with van der Waals surface area (Å²) in [6, 6.07) is 8.81. The van der Waals surface area contributed by atoms with Crippen LogP contribution in [0.25, 0.3) is 0 Å². The van der Waals surface area contributed by atoms with Crippen molar-refractivity contribution in [2.24, 2.45) is 17.8 Å². The zero-order chi connectivity index (χ0) is 18.4. The molecule has 0 heterocycles. The second-order valence-corrected chi connectivity index (χ2v) is 10.3. The minimum absolute atomic E-state index is 0.0144. The molecule has 2 N–H and O–H groups in total. The lowest BCUT2D eigenvalue weighted by molar-refractivity contribution is -0.00521. The first-order valence-electron chi connectivity index (χ1n) is 10.5.